The van der Waals surface area contributed by atoms with Crippen LogP contribution in [0.5, 0.6) is 5.75 Å². The average molecular weight is 465 g/mol. The Balaban J connectivity index is 1.66. The van der Waals surface area contributed by atoms with Crippen molar-refractivity contribution in [3.05, 3.63) is 95.1 Å². The fourth-order valence-electron chi connectivity index (χ4n) is 4.78. The fourth-order valence-corrected chi connectivity index (χ4v) is 4.78. The largest absolute Gasteiger partial charge is 0.494 e. The number of amides is 1. The van der Waals surface area contributed by atoms with Crippen LogP contribution in [0.25, 0.3) is 0 Å². The number of halogens is 2. The van der Waals surface area contributed by atoms with Crippen LogP contribution in [0.4, 0.5) is 14.5 Å². The van der Waals surface area contributed by atoms with Crippen molar-refractivity contribution in [1.82, 2.24) is 5.32 Å². The number of carbonyl (C=O) groups excluding carboxylic acids is 1. The third-order valence-corrected chi connectivity index (χ3v) is 6.27. The maximum atomic E-state index is 13.6. The van der Waals surface area contributed by atoms with Gasteiger partial charge in [-0.15, -0.1) is 0 Å². The molecule has 2 atom stereocenters. The molecule has 1 amide bonds. The fraction of sp³-hybridized carbons (Fsp3) is 0.321. The number of benzene rings is 3. The zero-order valence-corrected chi connectivity index (χ0v) is 19.7. The van der Waals surface area contributed by atoms with Crippen molar-refractivity contribution >= 4 is 11.6 Å². The summed E-state index contributed by atoms with van der Waals surface area (Å²) in [5.74, 6) is -1.41. The molecule has 3 aromatic carbocycles. The molecule has 0 saturated carbocycles. The second kappa shape index (κ2) is 10.2. The molecule has 0 spiro atoms. The van der Waals surface area contributed by atoms with Crippen LogP contribution in [0, 0.1) is 17.6 Å². The smallest absolute Gasteiger partial charge is 0.229 e. The molecule has 3 aromatic rings. The van der Waals surface area contributed by atoms with E-state index < -0.39 is 17.6 Å². The molecular formula is C28H30F2N2O2. The highest BCUT2D eigenvalue weighted by Gasteiger charge is 2.44. The van der Waals surface area contributed by atoms with Gasteiger partial charge in [-0.05, 0) is 47.7 Å². The highest BCUT2D eigenvalue weighted by atomic mass is 19.2. The standard InChI is InChI=1S/C28H30F2N2O2/c1-4-34-21-11-12-22-25(15-21)32(17-19-8-6-5-7-9-19)27(18(2)3)26(22)28(33)31-16-20-10-13-23(29)24(30)14-20/h5-15,18,26-27H,4,16-17H2,1-3H3,(H,31,33). The van der Waals surface area contributed by atoms with Crippen LogP contribution in [0.3, 0.4) is 0 Å². The molecule has 1 heterocycles. The zero-order valence-electron chi connectivity index (χ0n) is 19.7. The first-order chi connectivity index (χ1) is 16.4. The maximum Gasteiger partial charge on any atom is 0.229 e. The summed E-state index contributed by atoms with van der Waals surface area (Å²) in [6.07, 6.45) is 0. The summed E-state index contributed by atoms with van der Waals surface area (Å²) >= 11 is 0. The minimum atomic E-state index is -0.921. The lowest BCUT2D eigenvalue weighted by molar-refractivity contribution is -0.123. The molecule has 0 saturated heterocycles. The number of nitrogens with zero attached hydrogens (tertiary/aromatic N) is 1. The van der Waals surface area contributed by atoms with Crippen molar-refractivity contribution in [3.63, 3.8) is 0 Å². The van der Waals surface area contributed by atoms with E-state index in [0.29, 0.717) is 18.7 Å². The summed E-state index contributed by atoms with van der Waals surface area (Å²) < 4.78 is 32.7. The van der Waals surface area contributed by atoms with Gasteiger partial charge in [-0.2, -0.15) is 0 Å². The minimum absolute atomic E-state index is 0.0722. The lowest BCUT2D eigenvalue weighted by atomic mass is 9.87. The Morgan fingerprint density at radius 1 is 1.00 bits per heavy atom. The summed E-state index contributed by atoms with van der Waals surface area (Å²) in [6.45, 7) is 7.53. The molecule has 0 aromatic heterocycles. The van der Waals surface area contributed by atoms with Crippen LogP contribution in [0.2, 0.25) is 0 Å². The number of rotatable bonds is 8. The van der Waals surface area contributed by atoms with Crippen LogP contribution in [-0.2, 0) is 17.9 Å². The number of nitrogens with one attached hydrogen (secondary N) is 1. The highest BCUT2D eigenvalue weighted by molar-refractivity contribution is 5.90. The van der Waals surface area contributed by atoms with E-state index in [4.69, 9.17) is 4.74 Å². The van der Waals surface area contributed by atoms with E-state index in [1.165, 1.54) is 6.07 Å². The Morgan fingerprint density at radius 3 is 2.44 bits per heavy atom. The van der Waals surface area contributed by atoms with E-state index in [9.17, 15) is 13.6 Å². The predicted octanol–water partition coefficient (Wildman–Crippen LogP) is 5.81. The normalized spacial score (nSPS) is 17.1. The molecule has 0 aliphatic carbocycles. The quantitative estimate of drug-likeness (QED) is 0.458. The Hall–Kier alpha value is -3.41. The van der Waals surface area contributed by atoms with Crippen molar-refractivity contribution in [1.29, 1.82) is 0 Å². The van der Waals surface area contributed by atoms with Gasteiger partial charge in [0.25, 0.3) is 0 Å². The topological polar surface area (TPSA) is 41.6 Å². The van der Waals surface area contributed by atoms with Gasteiger partial charge in [-0.25, -0.2) is 8.78 Å². The number of anilines is 1. The van der Waals surface area contributed by atoms with Gasteiger partial charge < -0.3 is 15.0 Å². The molecular weight excluding hydrogens is 434 g/mol. The Bertz CT molecular complexity index is 1150. The van der Waals surface area contributed by atoms with Gasteiger partial charge >= 0.3 is 0 Å². The van der Waals surface area contributed by atoms with Gasteiger partial charge in [0.2, 0.25) is 5.91 Å². The van der Waals surface area contributed by atoms with Gasteiger partial charge in [0.05, 0.1) is 12.5 Å². The van der Waals surface area contributed by atoms with Crippen molar-refractivity contribution < 1.29 is 18.3 Å². The molecule has 1 aliphatic heterocycles. The minimum Gasteiger partial charge on any atom is -0.494 e. The molecule has 1 N–H and O–H groups in total. The van der Waals surface area contributed by atoms with Gasteiger partial charge in [-0.3, -0.25) is 4.79 Å². The molecule has 0 radical (unpaired) electrons. The molecule has 6 heteroatoms. The Morgan fingerprint density at radius 2 is 1.76 bits per heavy atom. The van der Waals surface area contributed by atoms with Crippen molar-refractivity contribution in [3.8, 4) is 5.75 Å². The lowest BCUT2D eigenvalue weighted by Gasteiger charge is -2.33. The summed E-state index contributed by atoms with van der Waals surface area (Å²) in [6, 6.07) is 19.7. The van der Waals surface area contributed by atoms with E-state index in [0.717, 1.165) is 34.7 Å². The number of carbonyl (C=O) groups is 1. The second-order valence-corrected chi connectivity index (χ2v) is 8.95. The van der Waals surface area contributed by atoms with Crippen molar-refractivity contribution in [2.45, 2.75) is 45.8 Å². The molecule has 178 valence electrons. The van der Waals surface area contributed by atoms with Crippen LogP contribution in [0.1, 0.15) is 43.4 Å². The molecule has 0 bridgehead atoms. The monoisotopic (exact) mass is 464 g/mol. The van der Waals surface area contributed by atoms with E-state index in [1.807, 2.05) is 43.3 Å². The number of ether oxygens (including phenoxy) is 1. The summed E-state index contributed by atoms with van der Waals surface area (Å²) in [5.41, 5.74) is 3.60. The summed E-state index contributed by atoms with van der Waals surface area (Å²) in [7, 11) is 0. The van der Waals surface area contributed by atoms with Crippen molar-refractivity contribution in [2.75, 3.05) is 11.5 Å². The van der Waals surface area contributed by atoms with E-state index >= 15 is 0 Å². The SMILES string of the molecule is CCOc1ccc2c(c1)N(Cc1ccccc1)C(C(C)C)C2C(=O)NCc1ccc(F)c(F)c1. The van der Waals surface area contributed by atoms with Gasteiger partial charge in [0, 0.05) is 30.9 Å². The first kappa shape index (κ1) is 23.7. The number of hydrogen-bond donors (Lipinski definition) is 1. The molecule has 1 aliphatic rings. The van der Waals surface area contributed by atoms with Gasteiger partial charge in [0.15, 0.2) is 11.6 Å². The van der Waals surface area contributed by atoms with E-state index in [-0.39, 0.29) is 24.4 Å². The third kappa shape index (κ3) is 4.91. The predicted molar refractivity (Wildman–Crippen MR) is 130 cm³/mol. The maximum absolute atomic E-state index is 13.6. The second-order valence-electron chi connectivity index (χ2n) is 8.95. The van der Waals surface area contributed by atoms with Crippen LogP contribution < -0.4 is 15.0 Å². The Labute approximate surface area is 199 Å². The van der Waals surface area contributed by atoms with Crippen LogP contribution in [-0.4, -0.2) is 18.6 Å². The molecule has 34 heavy (non-hydrogen) atoms. The molecule has 2 unspecified atom stereocenters. The molecule has 4 rings (SSSR count). The molecule has 4 nitrogen and oxygen atoms in total. The number of fused-ring (bicyclic) bond motifs is 1. The van der Waals surface area contributed by atoms with E-state index in [1.54, 1.807) is 0 Å². The number of hydrogen-bond acceptors (Lipinski definition) is 3. The van der Waals surface area contributed by atoms with E-state index in [2.05, 4.69) is 36.2 Å². The first-order valence-electron chi connectivity index (χ1n) is 11.7. The lowest BCUT2D eigenvalue weighted by Crippen LogP contribution is -2.43. The van der Waals surface area contributed by atoms with Crippen molar-refractivity contribution in [2.24, 2.45) is 5.92 Å². The summed E-state index contributed by atoms with van der Waals surface area (Å²) in [4.78, 5) is 15.8. The Kier molecular flexibility index (Phi) is 7.15. The summed E-state index contributed by atoms with van der Waals surface area (Å²) in [5, 5.41) is 2.95. The van der Waals surface area contributed by atoms with Gasteiger partial charge in [0.1, 0.15) is 5.75 Å². The van der Waals surface area contributed by atoms with Crippen LogP contribution in [0.15, 0.2) is 66.7 Å². The third-order valence-electron chi connectivity index (χ3n) is 6.27. The van der Waals surface area contributed by atoms with Crippen LogP contribution >= 0.6 is 0 Å². The zero-order chi connectivity index (χ0) is 24.2. The van der Waals surface area contributed by atoms with Gasteiger partial charge in [-0.1, -0.05) is 56.3 Å². The highest BCUT2D eigenvalue weighted by Crippen LogP contribution is 2.46. The first-order valence-corrected chi connectivity index (χ1v) is 11.7. The molecule has 0 fully saturated rings. The average Bonchev–Trinajstić information content (AvgIpc) is 3.14.